The van der Waals surface area contributed by atoms with Crippen LogP contribution in [-0.2, 0) is 9.59 Å². The number of anilines is 4. The van der Waals surface area contributed by atoms with Crippen molar-refractivity contribution in [3.05, 3.63) is 83.8 Å². The van der Waals surface area contributed by atoms with Crippen molar-refractivity contribution in [2.45, 2.75) is 26.3 Å². The molecule has 0 saturated heterocycles. The molecule has 3 N–H and O–H groups in total. The van der Waals surface area contributed by atoms with E-state index in [0.717, 1.165) is 24.1 Å². The maximum Gasteiger partial charge on any atom is 0.246 e. The lowest BCUT2D eigenvalue weighted by Gasteiger charge is -2.23. The van der Waals surface area contributed by atoms with Gasteiger partial charge >= 0.3 is 0 Å². The number of amides is 2. The van der Waals surface area contributed by atoms with Gasteiger partial charge in [0.1, 0.15) is 17.7 Å². The van der Waals surface area contributed by atoms with Crippen LogP contribution in [0.25, 0.3) is 12.2 Å². The summed E-state index contributed by atoms with van der Waals surface area (Å²) >= 11 is 0. The molecule has 0 aliphatic rings. The fraction of sp³-hybridized carbons (Fsp3) is 0.290. The molecule has 3 aromatic rings. The number of likely N-dealkylation sites (N-methyl/N-ethyl adjacent to an activating group) is 2. The average Bonchev–Trinajstić information content (AvgIpc) is 2.94. The van der Waals surface area contributed by atoms with E-state index in [4.69, 9.17) is 0 Å². The highest BCUT2D eigenvalue weighted by molar-refractivity contribution is 5.98. The monoisotopic (exact) mass is 559 g/mol. The van der Waals surface area contributed by atoms with Gasteiger partial charge in [-0.15, -0.1) is 0 Å². The van der Waals surface area contributed by atoms with Gasteiger partial charge in [0.2, 0.25) is 17.8 Å². The van der Waals surface area contributed by atoms with Gasteiger partial charge in [-0.2, -0.15) is 4.98 Å². The number of benzene rings is 2. The highest BCUT2D eigenvalue weighted by atomic mass is 19.1. The molecule has 0 aliphatic carbocycles. The van der Waals surface area contributed by atoms with Crippen LogP contribution in [0.3, 0.4) is 0 Å². The van der Waals surface area contributed by atoms with Crippen LogP contribution in [0, 0.1) is 5.82 Å². The second kappa shape index (κ2) is 15.3. The van der Waals surface area contributed by atoms with E-state index in [1.54, 1.807) is 44.4 Å². The first kappa shape index (κ1) is 31.0. The Bertz CT molecular complexity index is 1390. The topological polar surface area (TPSA) is 102 Å². The summed E-state index contributed by atoms with van der Waals surface area (Å²) in [6.45, 7) is 5.11. The lowest BCUT2D eigenvalue weighted by Crippen LogP contribution is -2.42. The summed E-state index contributed by atoms with van der Waals surface area (Å²) in [5.74, 6) is 0.117. The quantitative estimate of drug-likeness (QED) is 0.246. The van der Waals surface area contributed by atoms with E-state index in [1.165, 1.54) is 23.1 Å². The number of rotatable bonds is 13. The molecule has 2 amide bonds. The normalized spacial score (nSPS) is 12.1. The standard InChI is InChI=1S/C31H38FN7O2/c1-6-17-33-29-24(21-34-31(37-29)36-27-13-8-11-25(32)20-27)16-15-23-10-7-12-26(19-23)35-30(41)22(2)39(5)28(40)14-9-18-38(3)4/h7-16,19-22H,6,17-18H2,1-5H3,(H,35,41)(H2,33,34,36,37)/t22-/m0/s1. The SMILES string of the molecule is CCCNc1nc(Nc2cccc(F)c2)ncc1C=Cc1cccc(NC(=O)[C@H](C)N(C)C(=O)C=CCN(C)C)c1. The summed E-state index contributed by atoms with van der Waals surface area (Å²) < 4.78 is 13.6. The molecule has 0 bridgehead atoms. The highest BCUT2D eigenvalue weighted by Crippen LogP contribution is 2.21. The van der Waals surface area contributed by atoms with Crippen LogP contribution in [0.4, 0.5) is 27.5 Å². The Hall–Kier alpha value is -4.57. The van der Waals surface area contributed by atoms with E-state index >= 15 is 0 Å². The minimum atomic E-state index is -0.658. The Kier molecular flexibility index (Phi) is 11.5. The third kappa shape index (κ3) is 9.84. The smallest absolute Gasteiger partial charge is 0.246 e. The predicted molar refractivity (Wildman–Crippen MR) is 164 cm³/mol. The van der Waals surface area contributed by atoms with E-state index < -0.39 is 6.04 Å². The van der Waals surface area contributed by atoms with Crippen molar-refractivity contribution in [2.24, 2.45) is 0 Å². The van der Waals surface area contributed by atoms with E-state index in [-0.39, 0.29) is 17.6 Å². The summed E-state index contributed by atoms with van der Waals surface area (Å²) in [7, 11) is 5.44. The summed E-state index contributed by atoms with van der Waals surface area (Å²) in [6.07, 6.45) is 9.64. The minimum absolute atomic E-state index is 0.238. The van der Waals surface area contributed by atoms with Gasteiger partial charge in [-0.05, 0) is 69.4 Å². The molecule has 9 nitrogen and oxygen atoms in total. The Morgan fingerprint density at radius 2 is 1.80 bits per heavy atom. The first-order valence-corrected chi connectivity index (χ1v) is 13.5. The van der Waals surface area contributed by atoms with Crippen molar-refractivity contribution in [3.63, 3.8) is 0 Å². The molecule has 1 atom stereocenters. The van der Waals surface area contributed by atoms with Crippen molar-refractivity contribution >= 4 is 47.1 Å². The summed E-state index contributed by atoms with van der Waals surface area (Å²) in [5.41, 5.74) is 2.80. The lowest BCUT2D eigenvalue weighted by molar-refractivity contribution is -0.132. The van der Waals surface area contributed by atoms with E-state index in [9.17, 15) is 14.0 Å². The summed E-state index contributed by atoms with van der Waals surface area (Å²) in [4.78, 5) is 37.6. The summed E-state index contributed by atoms with van der Waals surface area (Å²) in [6, 6.07) is 12.9. The molecule has 1 heterocycles. The van der Waals surface area contributed by atoms with E-state index in [0.29, 0.717) is 29.7 Å². The van der Waals surface area contributed by atoms with Gasteiger partial charge in [0.25, 0.3) is 0 Å². The van der Waals surface area contributed by atoms with Crippen molar-refractivity contribution in [3.8, 4) is 0 Å². The Morgan fingerprint density at radius 1 is 1.05 bits per heavy atom. The van der Waals surface area contributed by atoms with Crippen LogP contribution >= 0.6 is 0 Å². The summed E-state index contributed by atoms with van der Waals surface area (Å²) in [5, 5.41) is 9.23. The molecule has 0 spiro atoms. The highest BCUT2D eigenvalue weighted by Gasteiger charge is 2.21. The number of hydrogen-bond donors (Lipinski definition) is 3. The molecule has 0 unspecified atom stereocenters. The Labute approximate surface area is 241 Å². The zero-order valence-electron chi connectivity index (χ0n) is 24.2. The van der Waals surface area contributed by atoms with Crippen LogP contribution in [0.5, 0.6) is 0 Å². The number of carbonyl (C=O) groups is 2. The lowest BCUT2D eigenvalue weighted by atomic mass is 10.1. The number of aromatic nitrogens is 2. The van der Waals surface area contributed by atoms with Crippen molar-refractivity contribution < 1.29 is 14.0 Å². The third-order valence-corrected chi connectivity index (χ3v) is 6.09. The third-order valence-electron chi connectivity index (χ3n) is 6.09. The largest absolute Gasteiger partial charge is 0.369 e. The van der Waals surface area contributed by atoms with Crippen LogP contribution in [-0.4, -0.2) is 71.9 Å². The molecule has 41 heavy (non-hydrogen) atoms. The second-order valence-corrected chi connectivity index (χ2v) is 9.80. The molecule has 216 valence electrons. The maximum absolute atomic E-state index is 13.6. The molecule has 0 fully saturated rings. The zero-order valence-corrected chi connectivity index (χ0v) is 24.2. The molecular formula is C31H38FN7O2. The molecule has 0 saturated carbocycles. The number of nitrogens with zero attached hydrogens (tertiary/aromatic N) is 4. The molecule has 3 rings (SSSR count). The fourth-order valence-corrected chi connectivity index (χ4v) is 3.66. The van der Waals surface area contributed by atoms with E-state index in [1.807, 2.05) is 49.3 Å². The molecule has 0 aliphatic heterocycles. The first-order valence-electron chi connectivity index (χ1n) is 13.5. The Morgan fingerprint density at radius 3 is 2.54 bits per heavy atom. The van der Waals surface area contributed by atoms with Crippen molar-refractivity contribution in [1.82, 2.24) is 19.8 Å². The minimum Gasteiger partial charge on any atom is -0.369 e. The van der Waals surface area contributed by atoms with E-state index in [2.05, 4.69) is 32.8 Å². The van der Waals surface area contributed by atoms with Crippen LogP contribution in [0.1, 0.15) is 31.4 Å². The Balaban J connectivity index is 1.70. The van der Waals surface area contributed by atoms with Gasteiger partial charge in [-0.3, -0.25) is 9.59 Å². The predicted octanol–water partition coefficient (Wildman–Crippen LogP) is 5.25. The number of hydrogen-bond acceptors (Lipinski definition) is 7. The molecule has 0 radical (unpaired) electrons. The number of nitrogens with one attached hydrogen (secondary N) is 3. The average molecular weight is 560 g/mol. The second-order valence-electron chi connectivity index (χ2n) is 9.80. The van der Waals surface area contributed by atoms with Gasteiger partial charge in [0, 0.05) is 49.3 Å². The molecular weight excluding hydrogens is 521 g/mol. The molecule has 10 heteroatoms. The fourth-order valence-electron chi connectivity index (χ4n) is 3.66. The van der Waals surface area contributed by atoms with Crippen LogP contribution in [0.2, 0.25) is 0 Å². The van der Waals surface area contributed by atoms with Gasteiger partial charge in [-0.1, -0.05) is 37.3 Å². The van der Waals surface area contributed by atoms with Crippen molar-refractivity contribution in [2.75, 3.05) is 50.2 Å². The number of carbonyl (C=O) groups excluding carboxylic acids is 2. The van der Waals surface area contributed by atoms with Crippen molar-refractivity contribution in [1.29, 1.82) is 0 Å². The maximum atomic E-state index is 13.6. The van der Waals surface area contributed by atoms with Gasteiger partial charge < -0.3 is 25.8 Å². The van der Waals surface area contributed by atoms with Crippen LogP contribution < -0.4 is 16.0 Å². The first-order chi connectivity index (χ1) is 19.7. The van der Waals surface area contributed by atoms with Gasteiger partial charge in [-0.25, -0.2) is 9.37 Å². The molecule has 2 aromatic carbocycles. The molecule has 1 aromatic heterocycles. The van der Waals surface area contributed by atoms with Crippen LogP contribution in [0.15, 0.2) is 66.9 Å². The number of halogens is 1. The zero-order chi connectivity index (χ0) is 29.8. The van der Waals surface area contributed by atoms with Gasteiger partial charge in [0.05, 0.1) is 0 Å². The van der Waals surface area contributed by atoms with Gasteiger partial charge in [0.15, 0.2) is 0 Å².